The van der Waals surface area contributed by atoms with Gasteiger partial charge < -0.3 is 30.2 Å². The molecular weight excluding hydrogens is 217 g/mol. The van der Waals surface area contributed by atoms with Crippen molar-refractivity contribution in [3.63, 3.8) is 0 Å². The Kier molecular flexibility index (Phi) is 5.21. The first-order valence-electron chi connectivity index (χ1n) is 3.62. The molecule has 9 heteroatoms. The zero-order valence-corrected chi connectivity index (χ0v) is 7.96. The third kappa shape index (κ3) is 8.11. The molecule has 6 N–H and O–H groups in total. The predicted octanol–water partition coefficient (Wildman–Crippen LogP) is -2.13. The smallest absolute Gasteiger partial charge is 0.466 e. The first-order chi connectivity index (χ1) is 6.20. The highest BCUT2D eigenvalue weighted by molar-refractivity contribution is 7.45. The van der Waals surface area contributed by atoms with E-state index in [1.807, 2.05) is 0 Å². The summed E-state index contributed by atoms with van der Waals surface area (Å²) in [4.78, 5) is 31.7. The molecule has 1 saturated heterocycles. The SMILES string of the molecule is O=C(O)[C@@H]1C[C@@H](O)CN1.O=P(O)(O)O. The first-order valence-corrected chi connectivity index (χ1v) is 5.19. The van der Waals surface area contributed by atoms with E-state index in [0.29, 0.717) is 13.0 Å². The van der Waals surface area contributed by atoms with Crippen molar-refractivity contribution in [2.75, 3.05) is 6.54 Å². The van der Waals surface area contributed by atoms with E-state index in [9.17, 15) is 4.79 Å². The molecule has 1 aliphatic heterocycles. The highest BCUT2D eigenvalue weighted by atomic mass is 31.2. The highest BCUT2D eigenvalue weighted by Crippen LogP contribution is 2.25. The van der Waals surface area contributed by atoms with Crippen LogP contribution in [0.5, 0.6) is 0 Å². The van der Waals surface area contributed by atoms with E-state index in [2.05, 4.69) is 5.32 Å². The van der Waals surface area contributed by atoms with Crippen LogP contribution in [0, 0.1) is 0 Å². The Bertz CT molecular complexity index is 230. The molecule has 0 spiro atoms. The van der Waals surface area contributed by atoms with Crippen molar-refractivity contribution in [3.8, 4) is 0 Å². The lowest BCUT2D eigenvalue weighted by molar-refractivity contribution is -0.139. The van der Waals surface area contributed by atoms with Crippen LogP contribution in [0.4, 0.5) is 0 Å². The predicted molar refractivity (Wildman–Crippen MR) is 44.3 cm³/mol. The second-order valence-electron chi connectivity index (χ2n) is 2.70. The second-order valence-corrected chi connectivity index (χ2v) is 3.73. The maximum Gasteiger partial charge on any atom is 0.466 e. The van der Waals surface area contributed by atoms with Crippen LogP contribution in [0.3, 0.4) is 0 Å². The van der Waals surface area contributed by atoms with Gasteiger partial charge in [-0.3, -0.25) is 4.79 Å². The Morgan fingerprint density at radius 2 is 1.79 bits per heavy atom. The maximum atomic E-state index is 10.2. The summed E-state index contributed by atoms with van der Waals surface area (Å²) in [6, 6.07) is -0.542. The Morgan fingerprint density at radius 3 is 1.93 bits per heavy atom. The monoisotopic (exact) mass is 229 g/mol. The van der Waals surface area contributed by atoms with Crippen LogP contribution >= 0.6 is 7.82 Å². The number of aliphatic hydroxyl groups is 1. The minimum absolute atomic E-state index is 0.329. The van der Waals surface area contributed by atoms with Gasteiger partial charge in [0.2, 0.25) is 0 Å². The molecule has 0 aromatic rings. The standard InChI is InChI=1S/C5H9NO3.H3O4P/c7-3-1-4(5(8)9)6-2-3;1-5(2,3)4/h3-4,6-7H,1-2H2,(H,8,9);(H3,1,2,3,4)/t3-,4+;/m1./s1. The number of carboxylic acids is 1. The molecule has 1 heterocycles. The molecule has 1 rings (SSSR count). The fourth-order valence-corrected chi connectivity index (χ4v) is 0.905. The molecule has 0 aromatic carbocycles. The number of aliphatic carboxylic acids is 1. The van der Waals surface area contributed by atoms with Crippen molar-refractivity contribution in [3.05, 3.63) is 0 Å². The van der Waals surface area contributed by atoms with Crippen molar-refractivity contribution in [2.24, 2.45) is 0 Å². The van der Waals surface area contributed by atoms with Gasteiger partial charge in [-0.05, 0) is 0 Å². The van der Waals surface area contributed by atoms with Crippen molar-refractivity contribution in [1.82, 2.24) is 5.32 Å². The van der Waals surface area contributed by atoms with E-state index in [4.69, 9.17) is 29.5 Å². The Balaban J connectivity index is 0.000000292. The van der Waals surface area contributed by atoms with Crippen LogP contribution in [0.25, 0.3) is 0 Å². The summed E-state index contributed by atoms with van der Waals surface area (Å²) in [5, 5.41) is 19.8. The summed E-state index contributed by atoms with van der Waals surface area (Å²) < 4.78 is 8.88. The minimum Gasteiger partial charge on any atom is -0.480 e. The molecule has 0 unspecified atom stereocenters. The van der Waals surface area contributed by atoms with Crippen LogP contribution in [0.15, 0.2) is 0 Å². The van der Waals surface area contributed by atoms with Gasteiger partial charge in [0.1, 0.15) is 6.04 Å². The van der Waals surface area contributed by atoms with Crippen molar-refractivity contribution in [1.29, 1.82) is 0 Å². The van der Waals surface area contributed by atoms with Gasteiger partial charge in [-0.15, -0.1) is 0 Å². The second kappa shape index (κ2) is 5.40. The lowest BCUT2D eigenvalue weighted by atomic mass is 10.2. The summed E-state index contributed by atoms with van der Waals surface area (Å²) in [5.74, 6) is -0.883. The number of phosphoric acid groups is 1. The fraction of sp³-hybridized carbons (Fsp3) is 0.800. The molecule has 0 amide bonds. The number of nitrogens with one attached hydrogen (secondary N) is 1. The number of rotatable bonds is 1. The third-order valence-electron chi connectivity index (χ3n) is 1.41. The molecule has 8 nitrogen and oxygen atoms in total. The molecule has 14 heavy (non-hydrogen) atoms. The van der Waals surface area contributed by atoms with Gasteiger partial charge in [-0.1, -0.05) is 0 Å². The average molecular weight is 229 g/mol. The molecule has 2 atom stereocenters. The van der Waals surface area contributed by atoms with Crippen LogP contribution in [0.2, 0.25) is 0 Å². The molecule has 0 aliphatic carbocycles. The van der Waals surface area contributed by atoms with Gasteiger partial charge in [-0.25, -0.2) is 4.57 Å². The molecule has 1 aliphatic rings. The molecule has 84 valence electrons. The van der Waals surface area contributed by atoms with Gasteiger partial charge in [-0.2, -0.15) is 0 Å². The lowest BCUT2D eigenvalue weighted by Crippen LogP contribution is -2.29. The van der Waals surface area contributed by atoms with Gasteiger partial charge in [0.05, 0.1) is 6.10 Å². The number of aliphatic hydroxyl groups excluding tert-OH is 1. The average Bonchev–Trinajstić information content (AvgIpc) is 2.31. The summed E-state index contributed by atoms with van der Waals surface area (Å²) in [7, 11) is -4.64. The lowest BCUT2D eigenvalue weighted by Gasteiger charge is -1.99. The van der Waals surface area contributed by atoms with E-state index in [1.165, 1.54) is 0 Å². The van der Waals surface area contributed by atoms with Crippen LogP contribution in [-0.2, 0) is 9.36 Å². The Labute approximate surface area is 79.4 Å². The highest BCUT2D eigenvalue weighted by Gasteiger charge is 2.27. The van der Waals surface area contributed by atoms with E-state index < -0.39 is 25.9 Å². The van der Waals surface area contributed by atoms with Gasteiger partial charge in [0.15, 0.2) is 0 Å². The summed E-state index contributed by atoms with van der Waals surface area (Å²) >= 11 is 0. The number of β-amino-alcohol motifs (C(OH)–C–C–N with tert-alkyl or cyclic N) is 1. The van der Waals surface area contributed by atoms with E-state index in [0.717, 1.165) is 0 Å². The number of carboxylic acid groups (broad SMARTS) is 1. The molecule has 1 fully saturated rings. The van der Waals surface area contributed by atoms with Gasteiger partial charge in [0, 0.05) is 13.0 Å². The zero-order valence-electron chi connectivity index (χ0n) is 7.07. The minimum atomic E-state index is -4.64. The van der Waals surface area contributed by atoms with Crippen molar-refractivity contribution in [2.45, 2.75) is 18.6 Å². The van der Waals surface area contributed by atoms with Gasteiger partial charge >= 0.3 is 13.8 Å². The van der Waals surface area contributed by atoms with E-state index in [-0.39, 0.29) is 0 Å². The molecule has 0 aromatic heterocycles. The van der Waals surface area contributed by atoms with Crippen LogP contribution < -0.4 is 5.32 Å². The fourth-order valence-electron chi connectivity index (χ4n) is 0.905. The maximum absolute atomic E-state index is 10.2. The topological polar surface area (TPSA) is 147 Å². The van der Waals surface area contributed by atoms with Crippen molar-refractivity contribution < 1.29 is 34.3 Å². The van der Waals surface area contributed by atoms with Crippen LogP contribution in [0.1, 0.15) is 6.42 Å². The van der Waals surface area contributed by atoms with E-state index >= 15 is 0 Å². The largest absolute Gasteiger partial charge is 0.480 e. The zero-order chi connectivity index (χ0) is 11.4. The quantitative estimate of drug-likeness (QED) is 0.279. The van der Waals surface area contributed by atoms with Crippen molar-refractivity contribution >= 4 is 13.8 Å². The number of hydrogen-bond acceptors (Lipinski definition) is 4. The third-order valence-corrected chi connectivity index (χ3v) is 1.41. The molecule has 0 saturated carbocycles. The molecule has 0 bridgehead atoms. The molecule has 0 radical (unpaired) electrons. The normalized spacial score (nSPS) is 26.6. The number of hydrogen-bond donors (Lipinski definition) is 6. The Morgan fingerprint density at radius 1 is 1.36 bits per heavy atom. The Hall–Kier alpha value is -0.500. The first kappa shape index (κ1) is 13.5. The summed E-state index contributed by atoms with van der Waals surface area (Å²) in [5.41, 5.74) is 0. The molecular formula is C5H12NO7P. The summed E-state index contributed by atoms with van der Waals surface area (Å²) in [6.45, 7) is 0.400. The van der Waals surface area contributed by atoms with Crippen LogP contribution in [-0.4, -0.2) is 49.6 Å². The summed E-state index contributed by atoms with van der Waals surface area (Å²) in [6.07, 6.45) is -0.152. The van der Waals surface area contributed by atoms with E-state index in [1.54, 1.807) is 0 Å². The number of carbonyl (C=O) groups is 1. The van der Waals surface area contributed by atoms with Gasteiger partial charge in [0.25, 0.3) is 0 Å².